The molecule has 0 bridgehead atoms. The third-order valence-corrected chi connectivity index (χ3v) is 3.72. The SMILES string of the molecule is CN(C(=O)Nc1cccc(Cl)c1)C1CCCNCC1. The third-order valence-electron chi connectivity index (χ3n) is 3.49. The van der Waals surface area contributed by atoms with Gasteiger partial charge in [0.15, 0.2) is 0 Å². The number of anilines is 1. The van der Waals surface area contributed by atoms with Gasteiger partial charge >= 0.3 is 6.03 Å². The summed E-state index contributed by atoms with van der Waals surface area (Å²) >= 11 is 5.90. The summed E-state index contributed by atoms with van der Waals surface area (Å²) in [4.78, 5) is 14.0. The number of carbonyl (C=O) groups is 1. The summed E-state index contributed by atoms with van der Waals surface area (Å²) in [5, 5.41) is 6.86. The molecule has 1 saturated heterocycles. The number of rotatable bonds is 2. The van der Waals surface area contributed by atoms with Crippen LogP contribution in [0.4, 0.5) is 10.5 Å². The average molecular weight is 282 g/mol. The predicted molar refractivity (Wildman–Crippen MR) is 78.7 cm³/mol. The van der Waals surface area contributed by atoms with Crippen molar-refractivity contribution in [3.8, 4) is 0 Å². The molecule has 1 fully saturated rings. The van der Waals surface area contributed by atoms with E-state index in [0.717, 1.165) is 38.0 Å². The van der Waals surface area contributed by atoms with Crippen LogP contribution in [0.15, 0.2) is 24.3 Å². The predicted octanol–water partition coefficient (Wildman–Crippen LogP) is 2.95. The molecule has 0 saturated carbocycles. The fourth-order valence-corrected chi connectivity index (χ4v) is 2.52. The number of carbonyl (C=O) groups excluding carboxylic acids is 1. The van der Waals surface area contributed by atoms with E-state index >= 15 is 0 Å². The Labute approximate surface area is 119 Å². The fraction of sp³-hybridized carbons (Fsp3) is 0.500. The number of halogens is 1. The number of hydrogen-bond donors (Lipinski definition) is 2. The lowest BCUT2D eigenvalue weighted by atomic mass is 10.1. The molecular formula is C14H20ClN3O. The van der Waals surface area contributed by atoms with Crippen LogP contribution in [0.2, 0.25) is 5.02 Å². The number of urea groups is 1. The standard InChI is InChI=1S/C14H20ClN3O/c1-18(13-6-3-8-16-9-7-13)14(19)17-12-5-2-4-11(15)10-12/h2,4-5,10,13,16H,3,6-9H2,1H3,(H,17,19). The summed E-state index contributed by atoms with van der Waals surface area (Å²) in [5.41, 5.74) is 0.732. The van der Waals surface area contributed by atoms with Crippen molar-refractivity contribution >= 4 is 23.3 Å². The van der Waals surface area contributed by atoms with Gasteiger partial charge in [-0.3, -0.25) is 0 Å². The van der Waals surface area contributed by atoms with E-state index in [2.05, 4.69) is 10.6 Å². The first-order chi connectivity index (χ1) is 9.16. The van der Waals surface area contributed by atoms with E-state index in [1.54, 1.807) is 17.0 Å². The van der Waals surface area contributed by atoms with Gasteiger partial charge in [0.2, 0.25) is 0 Å². The summed E-state index contributed by atoms with van der Waals surface area (Å²) in [6.45, 7) is 2.01. The maximum Gasteiger partial charge on any atom is 0.321 e. The van der Waals surface area contributed by atoms with E-state index < -0.39 is 0 Å². The van der Waals surface area contributed by atoms with Gasteiger partial charge in [-0.05, 0) is 50.6 Å². The highest BCUT2D eigenvalue weighted by Gasteiger charge is 2.20. The number of nitrogens with zero attached hydrogens (tertiary/aromatic N) is 1. The average Bonchev–Trinajstić information content (AvgIpc) is 2.66. The maximum absolute atomic E-state index is 12.2. The largest absolute Gasteiger partial charge is 0.325 e. The molecule has 19 heavy (non-hydrogen) atoms. The van der Waals surface area contributed by atoms with Gasteiger partial charge < -0.3 is 15.5 Å². The van der Waals surface area contributed by atoms with E-state index in [4.69, 9.17) is 11.6 Å². The molecule has 1 unspecified atom stereocenters. The van der Waals surface area contributed by atoms with Crippen molar-refractivity contribution in [2.24, 2.45) is 0 Å². The van der Waals surface area contributed by atoms with E-state index in [1.807, 2.05) is 19.2 Å². The Hall–Kier alpha value is -1.26. The van der Waals surface area contributed by atoms with Gasteiger partial charge in [0, 0.05) is 23.8 Å². The van der Waals surface area contributed by atoms with Gasteiger partial charge in [0.05, 0.1) is 0 Å². The van der Waals surface area contributed by atoms with Crippen molar-refractivity contribution in [2.75, 3.05) is 25.5 Å². The Bertz CT molecular complexity index is 430. The zero-order valence-electron chi connectivity index (χ0n) is 11.2. The first-order valence-electron chi connectivity index (χ1n) is 6.67. The molecule has 0 aliphatic carbocycles. The molecule has 1 heterocycles. The van der Waals surface area contributed by atoms with Crippen LogP contribution in [0.1, 0.15) is 19.3 Å². The van der Waals surface area contributed by atoms with E-state index in [0.29, 0.717) is 11.1 Å². The van der Waals surface area contributed by atoms with E-state index in [9.17, 15) is 4.79 Å². The highest BCUT2D eigenvalue weighted by atomic mass is 35.5. The van der Waals surface area contributed by atoms with Gasteiger partial charge in [-0.15, -0.1) is 0 Å². The Morgan fingerprint density at radius 2 is 2.26 bits per heavy atom. The molecule has 4 nitrogen and oxygen atoms in total. The van der Waals surface area contributed by atoms with Crippen molar-refractivity contribution in [1.29, 1.82) is 0 Å². The van der Waals surface area contributed by atoms with Crippen LogP contribution in [0.25, 0.3) is 0 Å². The molecule has 0 spiro atoms. The quantitative estimate of drug-likeness (QED) is 0.875. The molecule has 1 aromatic carbocycles. The Balaban J connectivity index is 1.94. The normalized spacial score (nSPS) is 19.6. The van der Waals surface area contributed by atoms with Gasteiger partial charge in [-0.2, -0.15) is 0 Å². The maximum atomic E-state index is 12.2. The Kier molecular flexibility index (Phi) is 5.05. The molecule has 1 aliphatic rings. The van der Waals surface area contributed by atoms with Crippen molar-refractivity contribution < 1.29 is 4.79 Å². The second-order valence-corrected chi connectivity index (χ2v) is 5.32. The third kappa shape index (κ3) is 4.11. The molecule has 104 valence electrons. The Morgan fingerprint density at radius 1 is 1.42 bits per heavy atom. The number of nitrogens with one attached hydrogen (secondary N) is 2. The summed E-state index contributed by atoms with van der Waals surface area (Å²) in [7, 11) is 1.86. The number of hydrogen-bond acceptors (Lipinski definition) is 2. The molecule has 1 aromatic rings. The molecule has 0 radical (unpaired) electrons. The minimum Gasteiger partial charge on any atom is -0.325 e. The molecule has 0 aromatic heterocycles. The van der Waals surface area contributed by atoms with Gasteiger partial charge in [0.25, 0.3) is 0 Å². The van der Waals surface area contributed by atoms with Crippen LogP contribution < -0.4 is 10.6 Å². The molecular weight excluding hydrogens is 262 g/mol. The zero-order chi connectivity index (χ0) is 13.7. The molecule has 5 heteroatoms. The molecule has 2 N–H and O–H groups in total. The molecule has 1 atom stereocenters. The summed E-state index contributed by atoms with van der Waals surface area (Å²) in [6.07, 6.45) is 3.16. The van der Waals surface area contributed by atoms with Crippen LogP contribution >= 0.6 is 11.6 Å². The first kappa shape index (κ1) is 14.2. The van der Waals surface area contributed by atoms with Crippen LogP contribution in [0.5, 0.6) is 0 Å². The Morgan fingerprint density at radius 3 is 3.05 bits per heavy atom. The lowest BCUT2D eigenvalue weighted by Gasteiger charge is -2.27. The van der Waals surface area contributed by atoms with Crippen LogP contribution in [0.3, 0.4) is 0 Å². The summed E-state index contributed by atoms with van der Waals surface area (Å²) in [5.74, 6) is 0. The zero-order valence-corrected chi connectivity index (χ0v) is 11.9. The molecule has 2 amide bonds. The molecule has 1 aliphatic heterocycles. The van der Waals surface area contributed by atoms with E-state index in [1.165, 1.54) is 0 Å². The lowest BCUT2D eigenvalue weighted by Crippen LogP contribution is -2.40. The van der Waals surface area contributed by atoms with Crippen molar-refractivity contribution in [1.82, 2.24) is 10.2 Å². The van der Waals surface area contributed by atoms with E-state index in [-0.39, 0.29) is 6.03 Å². The highest BCUT2D eigenvalue weighted by molar-refractivity contribution is 6.30. The summed E-state index contributed by atoms with van der Waals surface area (Å²) < 4.78 is 0. The van der Waals surface area contributed by atoms with Gasteiger partial charge in [-0.1, -0.05) is 17.7 Å². The van der Waals surface area contributed by atoms with Crippen molar-refractivity contribution in [3.05, 3.63) is 29.3 Å². The van der Waals surface area contributed by atoms with Crippen molar-refractivity contribution in [2.45, 2.75) is 25.3 Å². The second-order valence-electron chi connectivity index (χ2n) is 4.89. The molecule has 2 rings (SSSR count). The smallest absolute Gasteiger partial charge is 0.321 e. The van der Waals surface area contributed by atoms with Gasteiger partial charge in [0.1, 0.15) is 0 Å². The monoisotopic (exact) mass is 281 g/mol. The topological polar surface area (TPSA) is 44.4 Å². The highest BCUT2D eigenvalue weighted by Crippen LogP contribution is 2.17. The number of benzene rings is 1. The number of amides is 2. The summed E-state index contributed by atoms with van der Waals surface area (Å²) in [6, 6.07) is 7.43. The first-order valence-corrected chi connectivity index (χ1v) is 7.05. The second kappa shape index (κ2) is 6.78. The van der Waals surface area contributed by atoms with Crippen molar-refractivity contribution in [3.63, 3.8) is 0 Å². The van der Waals surface area contributed by atoms with Crippen LogP contribution in [-0.2, 0) is 0 Å². The van der Waals surface area contributed by atoms with Gasteiger partial charge in [-0.25, -0.2) is 4.79 Å². The fourth-order valence-electron chi connectivity index (χ4n) is 2.33. The van der Waals surface area contributed by atoms with Crippen LogP contribution in [-0.4, -0.2) is 37.1 Å². The lowest BCUT2D eigenvalue weighted by molar-refractivity contribution is 0.198. The minimum absolute atomic E-state index is 0.0748. The minimum atomic E-state index is -0.0748. The van der Waals surface area contributed by atoms with Crippen LogP contribution in [0, 0.1) is 0 Å².